The van der Waals surface area contributed by atoms with Gasteiger partial charge < -0.3 is 10.2 Å². The number of fused-ring (bicyclic) bond motifs is 1. The third-order valence-corrected chi connectivity index (χ3v) is 4.10. The fraction of sp³-hybridized carbons (Fsp3) is 0.429. The second-order valence-electron chi connectivity index (χ2n) is 6.61. The highest BCUT2D eigenvalue weighted by atomic mass is 16.3. The van der Waals surface area contributed by atoms with Crippen LogP contribution in [-0.4, -0.2) is 10.2 Å². The molecule has 2 aromatic carbocycles. The van der Waals surface area contributed by atoms with Crippen LogP contribution >= 0.6 is 0 Å². The highest BCUT2D eigenvalue weighted by molar-refractivity contribution is 5.95. The quantitative estimate of drug-likeness (QED) is 0.521. The molecule has 2 rings (SSSR count). The van der Waals surface area contributed by atoms with Gasteiger partial charge in [-0.1, -0.05) is 63.6 Å². The molecular weight excluding hydrogens is 284 g/mol. The highest BCUT2D eigenvalue weighted by Gasteiger charge is 2.28. The van der Waals surface area contributed by atoms with E-state index in [1.807, 2.05) is 45.0 Å². The zero-order chi connectivity index (χ0) is 17.8. The van der Waals surface area contributed by atoms with Crippen molar-refractivity contribution in [2.45, 2.75) is 60.3 Å². The number of aromatic hydroxyl groups is 2. The normalized spacial score (nSPS) is 10.9. The van der Waals surface area contributed by atoms with E-state index in [9.17, 15) is 10.2 Å². The molecule has 0 heterocycles. The minimum atomic E-state index is -0.243. The first-order valence-corrected chi connectivity index (χ1v) is 8.33. The Hall–Kier alpha value is -1.96. The first-order valence-electron chi connectivity index (χ1n) is 8.33. The van der Waals surface area contributed by atoms with Gasteiger partial charge >= 0.3 is 0 Å². The van der Waals surface area contributed by atoms with E-state index < -0.39 is 0 Å². The molecule has 0 saturated carbocycles. The summed E-state index contributed by atoms with van der Waals surface area (Å²) >= 11 is 0. The molecular formula is C21H30O2. The molecule has 2 nitrogen and oxygen atoms in total. The zero-order valence-electron chi connectivity index (χ0n) is 15.5. The maximum atomic E-state index is 10.7. The van der Waals surface area contributed by atoms with Crippen LogP contribution in [0.1, 0.15) is 59.1 Å². The van der Waals surface area contributed by atoms with E-state index in [1.54, 1.807) is 0 Å². The minimum absolute atomic E-state index is 0.243. The van der Waals surface area contributed by atoms with Crippen LogP contribution in [-0.2, 0) is 5.41 Å². The average molecular weight is 314 g/mol. The summed E-state index contributed by atoms with van der Waals surface area (Å²) in [4.78, 5) is 0. The lowest BCUT2D eigenvalue weighted by atomic mass is 9.77. The predicted octanol–water partition coefficient (Wildman–Crippen LogP) is 6.22. The van der Waals surface area contributed by atoms with Crippen molar-refractivity contribution in [3.63, 3.8) is 0 Å². The summed E-state index contributed by atoms with van der Waals surface area (Å²) in [7, 11) is 0. The molecule has 0 atom stereocenters. The van der Waals surface area contributed by atoms with Crippen molar-refractivity contribution in [3.8, 4) is 11.5 Å². The predicted molar refractivity (Wildman–Crippen MR) is 100 cm³/mol. The molecule has 0 fully saturated rings. The molecule has 0 aliphatic carbocycles. The molecule has 0 aliphatic rings. The standard InChI is InChI=1S/C19H24O2.C2H6/c1-12(2)10-11-19(4,5)16-13(3)17(20)14-8-6-7-9-15(14)18(16)21;1-2/h6-10,20-21H,11H2,1-5H3;1-2H3. The van der Waals surface area contributed by atoms with Crippen LogP contribution in [0.15, 0.2) is 35.9 Å². The average Bonchev–Trinajstić information content (AvgIpc) is 2.53. The van der Waals surface area contributed by atoms with Crippen molar-refractivity contribution in [3.05, 3.63) is 47.0 Å². The fourth-order valence-corrected chi connectivity index (χ4v) is 2.92. The molecule has 0 unspecified atom stereocenters. The Kier molecular flexibility index (Phi) is 6.26. The maximum Gasteiger partial charge on any atom is 0.127 e. The van der Waals surface area contributed by atoms with Crippen molar-refractivity contribution in [1.29, 1.82) is 0 Å². The molecule has 0 radical (unpaired) electrons. The minimum Gasteiger partial charge on any atom is -0.507 e. The third-order valence-electron chi connectivity index (χ3n) is 4.10. The van der Waals surface area contributed by atoms with Gasteiger partial charge in [0.1, 0.15) is 11.5 Å². The van der Waals surface area contributed by atoms with E-state index in [0.717, 1.165) is 17.5 Å². The molecule has 2 heteroatoms. The first-order chi connectivity index (χ1) is 10.8. The third kappa shape index (κ3) is 3.87. The lowest BCUT2D eigenvalue weighted by Gasteiger charge is -2.28. The lowest BCUT2D eigenvalue weighted by molar-refractivity contribution is 0.429. The van der Waals surface area contributed by atoms with E-state index >= 15 is 0 Å². The van der Waals surface area contributed by atoms with E-state index in [4.69, 9.17) is 0 Å². The van der Waals surface area contributed by atoms with Crippen molar-refractivity contribution >= 4 is 10.8 Å². The summed E-state index contributed by atoms with van der Waals surface area (Å²) < 4.78 is 0. The van der Waals surface area contributed by atoms with Gasteiger partial charge in [-0.15, -0.1) is 0 Å². The fourth-order valence-electron chi connectivity index (χ4n) is 2.92. The van der Waals surface area contributed by atoms with E-state index in [-0.39, 0.29) is 16.9 Å². The van der Waals surface area contributed by atoms with Gasteiger partial charge in [-0.3, -0.25) is 0 Å². The van der Waals surface area contributed by atoms with Gasteiger partial charge in [0.05, 0.1) is 0 Å². The van der Waals surface area contributed by atoms with Gasteiger partial charge in [0.25, 0.3) is 0 Å². The number of allylic oxidation sites excluding steroid dienone is 2. The van der Waals surface area contributed by atoms with E-state index in [2.05, 4.69) is 33.8 Å². The number of hydrogen-bond donors (Lipinski definition) is 2. The van der Waals surface area contributed by atoms with Gasteiger partial charge in [-0.25, -0.2) is 0 Å². The molecule has 0 bridgehead atoms. The van der Waals surface area contributed by atoms with Crippen LogP contribution in [0, 0.1) is 6.92 Å². The SMILES string of the molecule is CC.CC(C)=CCC(C)(C)c1c(C)c(O)c2ccccc2c1O. The van der Waals surface area contributed by atoms with Crippen molar-refractivity contribution < 1.29 is 10.2 Å². The van der Waals surface area contributed by atoms with Crippen LogP contribution in [0.3, 0.4) is 0 Å². The van der Waals surface area contributed by atoms with Crippen molar-refractivity contribution in [2.24, 2.45) is 0 Å². The molecule has 0 aromatic heterocycles. The Morgan fingerprint density at radius 1 is 1.00 bits per heavy atom. The summed E-state index contributed by atoms with van der Waals surface area (Å²) in [6, 6.07) is 7.44. The Labute approximate surface area is 140 Å². The summed E-state index contributed by atoms with van der Waals surface area (Å²) in [6.07, 6.45) is 2.99. The molecule has 2 N–H and O–H groups in total. The van der Waals surface area contributed by atoms with Crippen LogP contribution in [0.5, 0.6) is 11.5 Å². The van der Waals surface area contributed by atoms with Crippen LogP contribution in [0.2, 0.25) is 0 Å². The summed E-state index contributed by atoms with van der Waals surface area (Å²) in [5, 5.41) is 22.6. The Morgan fingerprint density at radius 2 is 1.48 bits per heavy atom. The number of phenolic OH excluding ortho intramolecular Hbond substituents is 2. The largest absolute Gasteiger partial charge is 0.507 e. The molecule has 2 aromatic rings. The Balaban J connectivity index is 0.00000127. The van der Waals surface area contributed by atoms with Gasteiger partial charge in [-0.2, -0.15) is 0 Å². The molecule has 0 saturated heterocycles. The number of rotatable bonds is 3. The topological polar surface area (TPSA) is 40.5 Å². The smallest absolute Gasteiger partial charge is 0.127 e. The van der Waals surface area contributed by atoms with Gasteiger partial charge in [0.2, 0.25) is 0 Å². The molecule has 0 amide bonds. The second kappa shape index (κ2) is 7.54. The number of benzene rings is 2. The van der Waals surface area contributed by atoms with Crippen LogP contribution < -0.4 is 0 Å². The van der Waals surface area contributed by atoms with Crippen LogP contribution in [0.25, 0.3) is 10.8 Å². The molecule has 23 heavy (non-hydrogen) atoms. The van der Waals surface area contributed by atoms with E-state index in [1.165, 1.54) is 5.57 Å². The second-order valence-corrected chi connectivity index (χ2v) is 6.61. The van der Waals surface area contributed by atoms with Crippen molar-refractivity contribution in [2.75, 3.05) is 0 Å². The maximum absolute atomic E-state index is 10.7. The Bertz CT molecular complexity index is 705. The van der Waals surface area contributed by atoms with Gasteiger partial charge in [0.15, 0.2) is 0 Å². The first kappa shape index (κ1) is 19.1. The number of phenols is 2. The number of hydrogen-bond acceptors (Lipinski definition) is 2. The molecule has 126 valence electrons. The monoisotopic (exact) mass is 314 g/mol. The molecule has 0 aliphatic heterocycles. The van der Waals surface area contributed by atoms with E-state index in [0.29, 0.717) is 10.8 Å². The highest BCUT2D eigenvalue weighted by Crippen LogP contribution is 2.45. The summed E-state index contributed by atoms with van der Waals surface area (Å²) in [5.74, 6) is 0.553. The lowest BCUT2D eigenvalue weighted by Crippen LogP contribution is -2.18. The van der Waals surface area contributed by atoms with Gasteiger partial charge in [-0.05, 0) is 38.2 Å². The summed E-state index contributed by atoms with van der Waals surface area (Å²) in [6.45, 7) is 14.2. The zero-order valence-corrected chi connectivity index (χ0v) is 15.5. The van der Waals surface area contributed by atoms with Crippen LogP contribution in [0.4, 0.5) is 0 Å². The Morgan fingerprint density at radius 3 is 1.96 bits per heavy atom. The summed E-state index contributed by atoms with van der Waals surface area (Å²) in [5.41, 5.74) is 2.60. The molecule has 0 spiro atoms. The van der Waals surface area contributed by atoms with Crippen molar-refractivity contribution in [1.82, 2.24) is 0 Å². The van der Waals surface area contributed by atoms with Gasteiger partial charge in [0, 0.05) is 16.3 Å².